The third kappa shape index (κ3) is 3.34. The van der Waals surface area contributed by atoms with Crippen LogP contribution in [0.4, 0.5) is 5.82 Å². The summed E-state index contributed by atoms with van der Waals surface area (Å²) in [6.07, 6.45) is 5.87. The van der Waals surface area contributed by atoms with Crippen molar-refractivity contribution in [3.8, 4) is 17.3 Å². The first-order valence-electron chi connectivity index (χ1n) is 7.11. The summed E-state index contributed by atoms with van der Waals surface area (Å²) in [5.41, 5.74) is 3.27. The molecule has 0 unspecified atom stereocenters. The lowest BCUT2D eigenvalue weighted by molar-refractivity contribution is 0.844. The number of nitrogens with one attached hydrogen (secondary N) is 1. The molecule has 0 saturated heterocycles. The van der Waals surface area contributed by atoms with Gasteiger partial charge in [0.15, 0.2) is 0 Å². The zero-order chi connectivity index (χ0) is 15.2. The van der Waals surface area contributed by atoms with Crippen LogP contribution in [0.3, 0.4) is 0 Å². The van der Waals surface area contributed by atoms with Gasteiger partial charge in [-0.3, -0.25) is 4.98 Å². The molecule has 0 atom stereocenters. The van der Waals surface area contributed by atoms with E-state index in [1.807, 2.05) is 6.07 Å². The summed E-state index contributed by atoms with van der Waals surface area (Å²) in [7, 11) is 0. The van der Waals surface area contributed by atoms with Crippen molar-refractivity contribution in [3.05, 3.63) is 35.9 Å². The number of rotatable bonds is 5. The summed E-state index contributed by atoms with van der Waals surface area (Å²) in [5, 5.41) is 12.4. The molecule has 0 aliphatic rings. The smallest absolute Gasteiger partial charge is 0.133 e. The molecule has 0 amide bonds. The van der Waals surface area contributed by atoms with Crippen molar-refractivity contribution < 1.29 is 0 Å². The summed E-state index contributed by atoms with van der Waals surface area (Å²) < 4.78 is 0. The van der Waals surface area contributed by atoms with Gasteiger partial charge in [-0.05, 0) is 18.4 Å². The fraction of sp³-hybridized carbons (Fsp3) is 0.375. The van der Waals surface area contributed by atoms with E-state index in [2.05, 4.69) is 47.1 Å². The largest absolute Gasteiger partial charge is 0.370 e. The second kappa shape index (κ2) is 6.80. The van der Waals surface area contributed by atoms with Crippen molar-refractivity contribution in [2.75, 3.05) is 11.9 Å². The van der Waals surface area contributed by atoms with Crippen molar-refractivity contribution in [1.82, 2.24) is 15.0 Å². The summed E-state index contributed by atoms with van der Waals surface area (Å²) in [4.78, 5) is 12.9. The molecule has 0 aliphatic carbocycles. The molecule has 1 N–H and O–H groups in total. The van der Waals surface area contributed by atoms with Crippen LogP contribution in [-0.4, -0.2) is 21.5 Å². The molecule has 0 radical (unpaired) electrons. The van der Waals surface area contributed by atoms with Crippen LogP contribution in [0.25, 0.3) is 11.3 Å². The molecule has 0 aliphatic heterocycles. The third-order valence-corrected chi connectivity index (χ3v) is 3.14. The van der Waals surface area contributed by atoms with Gasteiger partial charge in [-0.25, -0.2) is 9.97 Å². The van der Waals surface area contributed by atoms with Crippen LogP contribution in [0.1, 0.15) is 44.2 Å². The van der Waals surface area contributed by atoms with Crippen molar-refractivity contribution >= 4 is 5.82 Å². The standard InChI is InChI=1S/C16H19N5/c1-4-5-19-16-14(11(2)3)15(20-10-21-16)13-6-12(7-17)8-18-9-13/h6,8-11H,4-5H2,1-3H3,(H,19,20,21). The molecule has 5 heteroatoms. The highest BCUT2D eigenvalue weighted by molar-refractivity contribution is 5.69. The number of pyridine rings is 1. The summed E-state index contributed by atoms with van der Waals surface area (Å²) >= 11 is 0. The summed E-state index contributed by atoms with van der Waals surface area (Å²) in [5.74, 6) is 1.13. The van der Waals surface area contributed by atoms with Crippen molar-refractivity contribution in [1.29, 1.82) is 5.26 Å². The molecule has 0 bridgehead atoms. The predicted molar refractivity (Wildman–Crippen MR) is 82.8 cm³/mol. The van der Waals surface area contributed by atoms with Gasteiger partial charge in [0, 0.05) is 30.1 Å². The Bertz CT molecular complexity index is 658. The Labute approximate surface area is 125 Å². The van der Waals surface area contributed by atoms with E-state index in [0.717, 1.165) is 35.6 Å². The van der Waals surface area contributed by atoms with E-state index in [0.29, 0.717) is 5.56 Å². The third-order valence-electron chi connectivity index (χ3n) is 3.14. The van der Waals surface area contributed by atoms with Crippen LogP contribution in [0.2, 0.25) is 0 Å². The zero-order valence-corrected chi connectivity index (χ0v) is 12.6. The molecule has 2 aromatic heterocycles. The lowest BCUT2D eigenvalue weighted by atomic mass is 9.97. The van der Waals surface area contributed by atoms with E-state index >= 15 is 0 Å². The molecule has 21 heavy (non-hydrogen) atoms. The van der Waals surface area contributed by atoms with Gasteiger partial charge in [-0.15, -0.1) is 0 Å². The molecule has 0 aromatic carbocycles. The lowest BCUT2D eigenvalue weighted by Crippen LogP contribution is -2.09. The molecule has 2 rings (SSSR count). The van der Waals surface area contributed by atoms with Gasteiger partial charge in [0.2, 0.25) is 0 Å². The molecular formula is C16H19N5. The van der Waals surface area contributed by atoms with Gasteiger partial charge >= 0.3 is 0 Å². The molecule has 0 saturated carbocycles. The van der Waals surface area contributed by atoms with Gasteiger partial charge in [-0.1, -0.05) is 20.8 Å². The van der Waals surface area contributed by atoms with Gasteiger partial charge in [-0.2, -0.15) is 5.26 Å². The van der Waals surface area contributed by atoms with Gasteiger partial charge < -0.3 is 5.32 Å². The molecule has 0 fully saturated rings. The first-order chi connectivity index (χ1) is 10.2. The molecular weight excluding hydrogens is 262 g/mol. The zero-order valence-electron chi connectivity index (χ0n) is 12.6. The van der Waals surface area contributed by atoms with Crippen LogP contribution in [0, 0.1) is 11.3 Å². The highest BCUT2D eigenvalue weighted by Crippen LogP contribution is 2.31. The predicted octanol–water partition coefficient (Wildman–Crippen LogP) is 3.36. The molecule has 2 heterocycles. The van der Waals surface area contributed by atoms with Crippen LogP contribution >= 0.6 is 0 Å². The second-order valence-electron chi connectivity index (χ2n) is 5.14. The summed E-state index contributed by atoms with van der Waals surface area (Å²) in [6.45, 7) is 7.21. The van der Waals surface area contributed by atoms with Gasteiger partial charge in [0.25, 0.3) is 0 Å². The Kier molecular flexibility index (Phi) is 4.83. The molecule has 2 aromatic rings. The number of aromatic nitrogens is 3. The van der Waals surface area contributed by atoms with E-state index in [1.165, 1.54) is 0 Å². The molecule has 108 valence electrons. The average molecular weight is 281 g/mol. The minimum Gasteiger partial charge on any atom is -0.370 e. The maximum absolute atomic E-state index is 9.02. The minimum absolute atomic E-state index is 0.270. The Morgan fingerprint density at radius 2 is 2.10 bits per heavy atom. The maximum Gasteiger partial charge on any atom is 0.133 e. The topological polar surface area (TPSA) is 74.5 Å². The quantitative estimate of drug-likeness (QED) is 0.909. The second-order valence-corrected chi connectivity index (χ2v) is 5.14. The normalized spacial score (nSPS) is 10.4. The summed E-state index contributed by atoms with van der Waals surface area (Å²) in [6, 6.07) is 3.92. The average Bonchev–Trinajstić information content (AvgIpc) is 2.52. The van der Waals surface area contributed by atoms with E-state index in [4.69, 9.17) is 5.26 Å². The van der Waals surface area contributed by atoms with Crippen molar-refractivity contribution in [2.24, 2.45) is 0 Å². The number of hydrogen-bond donors (Lipinski definition) is 1. The first kappa shape index (κ1) is 14.9. The highest BCUT2D eigenvalue weighted by Gasteiger charge is 2.16. The van der Waals surface area contributed by atoms with Crippen LogP contribution in [0.5, 0.6) is 0 Å². The minimum atomic E-state index is 0.270. The maximum atomic E-state index is 9.02. The Morgan fingerprint density at radius 1 is 1.29 bits per heavy atom. The monoisotopic (exact) mass is 281 g/mol. The van der Waals surface area contributed by atoms with Crippen molar-refractivity contribution in [3.63, 3.8) is 0 Å². The Hall–Kier alpha value is -2.48. The van der Waals surface area contributed by atoms with Crippen molar-refractivity contribution in [2.45, 2.75) is 33.1 Å². The fourth-order valence-corrected chi connectivity index (χ4v) is 2.19. The lowest BCUT2D eigenvalue weighted by Gasteiger charge is -2.16. The highest BCUT2D eigenvalue weighted by atomic mass is 15.0. The van der Waals surface area contributed by atoms with E-state index in [9.17, 15) is 0 Å². The number of nitrogens with zero attached hydrogens (tertiary/aromatic N) is 4. The Morgan fingerprint density at radius 3 is 2.76 bits per heavy atom. The van der Waals surface area contributed by atoms with Crippen LogP contribution < -0.4 is 5.32 Å². The molecule has 5 nitrogen and oxygen atoms in total. The van der Waals surface area contributed by atoms with Crippen LogP contribution in [-0.2, 0) is 0 Å². The number of nitriles is 1. The van der Waals surface area contributed by atoms with E-state index in [-0.39, 0.29) is 5.92 Å². The fourth-order valence-electron chi connectivity index (χ4n) is 2.19. The van der Waals surface area contributed by atoms with Crippen LogP contribution in [0.15, 0.2) is 24.8 Å². The Balaban J connectivity index is 2.54. The molecule has 0 spiro atoms. The first-order valence-corrected chi connectivity index (χ1v) is 7.11. The number of hydrogen-bond acceptors (Lipinski definition) is 5. The van der Waals surface area contributed by atoms with Gasteiger partial charge in [0.05, 0.1) is 11.3 Å². The SMILES string of the molecule is CCCNc1ncnc(-c2cncc(C#N)c2)c1C(C)C. The van der Waals surface area contributed by atoms with E-state index in [1.54, 1.807) is 18.7 Å². The number of anilines is 1. The van der Waals surface area contributed by atoms with E-state index < -0.39 is 0 Å². The van der Waals surface area contributed by atoms with Gasteiger partial charge in [0.1, 0.15) is 18.2 Å².